The van der Waals surface area contributed by atoms with Crippen LogP contribution in [0, 0.1) is 0 Å². The fourth-order valence-corrected chi connectivity index (χ4v) is 3.81. The highest BCUT2D eigenvalue weighted by molar-refractivity contribution is 7.15. The van der Waals surface area contributed by atoms with Crippen molar-refractivity contribution >= 4 is 34.5 Å². The van der Waals surface area contributed by atoms with Crippen molar-refractivity contribution in [2.45, 2.75) is 6.54 Å². The second kappa shape index (κ2) is 7.25. The van der Waals surface area contributed by atoms with Gasteiger partial charge in [0.25, 0.3) is 0 Å². The first kappa shape index (κ1) is 16.2. The lowest BCUT2D eigenvalue weighted by Crippen LogP contribution is -2.50. The molecular formula is C15H18Cl2N4S. The predicted molar refractivity (Wildman–Crippen MR) is 93.5 cm³/mol. The van der Waals surface area contributed by atoms with Crippen molar-refractivity contribution < 1.29 is 0 Å². The maximum atomic E-state index is 6.25. The highest BCUT2D eigenvalue weighted by Gasteiger charge is 2.14. The average molecular weight is 357 g/mol. The molecule has 0 unspecified atom stereocenters. The van der Waals surface area contributed by atoms with Crippen molar-refractivity contribution in [3.63, 3.8) is 0 Å². The van der Waals surface area contributed by atoms with Crippen molar-refractivity contribution in [2.24, 2.45) is 0 Å². The first-order valence-corrected chi connectivity index (χ1v) is 8.76. The quantitative estimate of drug-likeness (QED) is 0.909. The van der Waals surface area contributed by atoms with Gasteiger partial charge in [-0.05, 0) is 19.2 Å². The van der Waals surface area contributed by atoms with Crippen LogP contribution < -0.4 is 5.43 Å². The Kier molecular flexibility index (Phi) is 5.33. The third kappa shape index (κ3) is 3.98. The topological polar surface area (TPSA) is 31.4 Å². The van der Waals surface area contributed by atoms with E-state index in [1.807, 2.05) is 18.3 Å². The monoisotopic (exact) mass is 356 g/mol. The van der Waals surface area contributed by atoms with Crippen LogP contribution in [0.2, 0.25) is 10.0 Å². The molecule has 0 atom stereocenters. The third-order valence-corrected chi connectivity index (χ3v) is 5.29. The Morgan fingerprint density at radius 2 is 2.00 bits per heavy atom. The van der Waals surface area contributed by atoms with Gasteiger partial charge in [0.1, 0.15) is 5.01 Å². The zero-order valence-corrected chi connectivity index (χ0v) is 14.7. The summed E-state index contributed by atoms with van der Waals surface area (Å²) in [5.74, 6) is 0. The smallest absolute Gasteiger partial charge is 0.108 e. The largest absolute Gasteiger partial charge is 0.304 e. The summed E-state index contributed by atoms with van der Waals surface area (Å²) >= 11 is 13.8. The molecule has 0 saturated carbocycles. The summed E-state index contributed by atoms with van der Waals surface area (Å²) in [6.45, 7) is 5.02. The van der Waals surface area contributed by atoms with E-state index in [1.165, 1.54) is 0 Å². The molecule has 118 valence electrons. The van der Waals surface area contributed by atoms with Crippen molar-refractivity contribution in [3.8, 4) is 10.4 Å². The van der Waals surface area contributed by atoms with E-state index in [2.05, 4.69) is 27.4 Å². The summed E-state index contributed by atoms with van der Waals surface area (Å²) in [4.78, 5) is 7.88. The molecule has 1 aliphatic rings. The molecule has 0 aliphatic carbocycles. The summed E-state index contributed by atoms with van der Waals surface area (Å²) in [5.41, 5.74) is 4.43. The van der Waals surface area contributed by atoms with Crippen LogP contribution in [-0.2, 0) is 6.54 Å². The summed E-state index contributed by atoms with van der Waals surface area (Å²) in [7, 11) is 2.15. The van der Waals surface area contributed by atoms with Gasteiger partial charge in [-0.1, -0.05) is 29.3 Å². The zero-order chi connectivity index (χ0) is 15.5. The second-order valence-electron chi connectivity index (χ2n) is 5.37. The van der Waals surface area contributed by atoms with Crippen molar-refractivity contribution in [2.75, 3.05) is 33.2 Å². The summed E-state index contributed by atoms with van der Waals surface area (Å²) in [6.07, 6.45) is 1.88. The number of thiazole rings is 1. The molecule has 4 nitrogen and oxygen atoms in total. The van der Waals surface area contributed by atoms with Gasteiger partial charge in [-0.2, -0.15) is 0 Å². The normalized spacial score (nSPS) is 17.0. The molecule has 22 heavy (non-hydrogen) atoms. The first-order chi connectivity index (χ1) is 10.6. The van der Waals surface area contributed by atoms with Gasteiger partial charge in [-0.15, -0.1) is 11.3 Å². The Morgan fingerprint density at radius 3 is 2.73 bits per heavy atom. The van der Waals surface area contributed by atoms with Gasteiger partial charge >= 0.3 is 0 Å². The van der Waals surface area contributed by atoms with Crippen LogP contribution in [0.15, 0.2) is 24.4 Å². The van der Waals surface area contributed by atoms with Crippen molar-refractivity contribution in [3.05, 3.63) is 39.4 Å². The minimum Gasteiger partial charge on any atom is -0.304 e. The van der Waals surface area contributed by atoms with E-state index in [4.69, 9.17) is 23.2 Å². The molecule has 1 fully saturated rings. The standard InChI is InChI=1S/C15H18Cl2N4S/c1-20-4-6-21(7-5-20)19-10-15-18-9-14(22-15)12-3-2-11(16)8-13(12)17/h2-3,8-9,19H,4-7,10H2,1H3. The molecule has 1 saturated heterocycles. The number of likely N-dealkylation sites (N-methyl/N-ethyl adjacent to an activating group) is 1. The van der Waals surface area contributed by atoms with E-state index in [1.54, 1.807) is 17.4 Å². The minimum atomic E-state index is 0.648. The number of benzene rings is 1. The molecule has 1 aromatic carbocycles. The number of rotatable bonds is 4. The number of nitrogens with zero attached hydrogens (tertiary/aromatic N) is 3. The Bertz CT molecular complexity index is 638. The highest BCUT2D eigenvalue weighted by atomic mass is 35.5. The molecule has 0 amide bonds. The second-order valence-corrected chi connectivity index (χ2v) is 7.33. The third-order valence-electron chi connectivity index (χ3n) is 3.71. The number of nitrogens with one attached hydrogen (secondary N) is 1. The number of aromatic nitrogens is 1. The van der Waals surface area contributed by atoms with E-state index >= 15 is 0 Å². The Balaban J connectivity index is 1.61. The maximum Gasteiger partial charge on any atom is 0.108 e. The van der Waals surface area contributed by atoms with Crippen LogP contribution >= 0.6 is 34.5 Å². The van der Waals surface area contributed by atoms with Crippen molar-refractivity contribution in [1.29, 1.82) is 0 Å². The molecule has 1 aliphatic heterocycles. The zero-order valence-electron chi connectivity index (χ0n) is 12.4. The van der Waals surface area contributed by atoms with Gasteiger partial charge in [-0.3, -0.25) is 0 Å². The van der Waals surface area contributed by atoms with Crippen LogP contribution in [-0.4, -0.2) is 48.1 Å². The Morgan fingerprint density at radius 1 is 1.23 bits per heavy atom. The average Bonchev–Trinajstić information content (AvgIpc) is 2.95. The highest BCUT2D eigenvalue weighted by Crippen LogP contribution is 2.33. The van der Waals surface area contributed by atoms with E-state index < -0.39 is 0 Å². The molecular weight excluding hydrogens is 339 g/mol. The van der Waals surface area contributed by atoms with Gasteiger partial charge < -0.3 is 4.90 Å². The van der Waals surface area contributed by atoms with Gasteiger partial charge in [-0.25, -0.2) is 15.4 Å². The summed E-state index contributed by atoms with van der Waals surface area (Å²) in [5, 5.41) is 4.63. The van der Waals surface area contributed by atoms with Gasteiger partial charge in [0.05, 0.1) is 16.4 Å². The predicted octanol–water partition coefficient (Wildman–Crippen LogP) is 3.37. The molecule has 2 aromatic rings. The van der Waals surface area contributed by atoms with E-state index in [0.29, 0.717) is 10.0 Å². The minimum absolute atomic E-state index is 0.648. The lowest BCUT2D eigenvalue weighted by Gasteiger charge is -2.32. The maximum absolute atomic E-state index is 6.25. The molecule has 0 bridgehead atoms. The molecule has 0 radical (unpaired) electrons. The lowest BCUT2D eigenvalue weighted by atomic mass is 10.2. The van der Waals surface area contributed by atoms with E-state index in [0.717, 1.165) is 48.2 Å². The Hall–Kier alpha value is -0.690. The van der Waals surface area contributed by atoms with Gasteiger partial charge in [0, 0.05) is 43.0 Å². The SMILES string of the molecule is CN1CCN(NCc2ncc(-c3ccc(Cl)cc3Cl)s2)CC1. The van der Waals surface area contributed by atoms with E-state index in [9.17, 15) is 0 Å². The number of piperazine rings is 1. The van der Waals surface area contributed by atoms with Gasteiger partial charge in [0.2, 0.25) is 0 Å². The van der Waals surface area contributed by atoms with Gasteiger partial charge in [0.15, 0.2) is 0 Å². The van der Waals surface area contributed by atoms with Crippen LogP contribution in [0.1, 0.15) is 5.01 Å². The van der Waals surface area contributed by atoms with Crippen LogP contribution in [0.3, 0.4) is 0 Å². The number of halogens is 2. The number of hydrazine groups is 1. The number of hydrogen-bond donors (Lipinski definition) is 1. The van der Waals surface area contributed by atoms with Crippen LogP contribution in [0.5, 0.6) is 0 Å². The molecule has 1 N–H and O–H groups in total. The number of hydrogen-bond acceptors (Lipinski definition) is 5. The fourth-order valence-electron chi connectivity index (χ4n) is 2.35. The molecule has 2 heterocycles. The van der Waals surface area contributed by atoms with Crippen LogP contribution in [0.25, 0.3) is 10.4 Å². The molecule has 0 spiro atoms. The summed E-state index contributed by atoms with van der Waals surface area (Å²) < 4.78 is 0. The molecule has 3 rings (SSSR count). The fraction of sp³-hybridized carbons (Fsp3) is 0.400. The molecule has 1 aromatic heterocycles. The van der Waals surface area contributed by atoms with E-state index in [-0.39, 0.29) is 0 Å². The molecule has 7 heteroatoms. The lowest BCUT2D eigenvalue weighted by molar-refractivity contribution is 0.102. The summed E-state index contributed by atoms with van der Waals surface area (Å²) in [6, 6.07) is 5.56. The Labute approximate surface area is 144 Å². The first-order valence-electron chi connectivity index (χ1n) is 7.19. The van der Waals surface area contributed by atoms with Crippen LogP contribution in [0.4, 0.5) is 0 Å². The van der Waals surface area contributed by atoms with Crippen molar-refractivity contribution in [1.82, 2.24) is 20.3 Å².